The molecule has 10 amide bonds. The normalized spacial score (nSPS) is 9.69. The summed E-state index contributed by atoms with van der Waals surface area (Å²) in [5, 5.41) is 16.3. The van der Waals surface area contributed by atoms with Gasteiger partial charge in [-0.15, -0.1) is 0 Å². The number of anilines is 5. The molecule has 1 aromatic heterocycles. The van der Waals surface area contributed by atoms with Crippen molar-refractivity contribution in [3.63, 3.8) is 0 Å². The molecule has 0 spiro atoms. The predicted molar refractivity (Wildman–Crippen MR) is 284 cm³/mol. The second-order valence-corrected chi connectivity index (χ2v) is 17.5. The number of fused-ring (bicyclic) bond motifs is 1. The lowest BCUT2D eigenvalue weighted by molar-refractivity contribution is 0.230. The Morgan fingerprint density at radius 1 is 0.471 bits per heavy atom. The van der Waals surface area contributed by atoms with E-state index in [1.807, 2.05) is 73.7 Å². The van der Waals surface area contributed by atoms with Gasteiger partial charge in [-0.3, -0.25) is 4.90 Å². The van der Waals surface area contributed by atoms with Gasteiger partial charge in [0.1, 0.15) is 0 Å². The Balaban J connectivity index is 0.000000292. The fourth-order valence-electron chi connectivity index (χ4n) is 4.50. The molecule has 6 rings (SSSR count). The molecule has 0 saturated heterocycles. The highest BCUT2D eigenvalue weighted by atomic mass is 35.5. The second kappa shape index (κ2) is 29.3. The lowest BCUT2D eigenvalue weighted by atomic mass is 10.2. The van der Waals surface area contributed by atoms with Crippen LogP contribution in [0.5, 0.6) is 0 Å². The minimum absolute atomic E-state index is 0.110. The van der Waals surface area contributed by atoms with Gasteiger partial charge in [0, 0.05) is 103 Å². The number of para-hydroxylation sites is 2. The van der Waals surface area contributed by atoms with Gasteiger partial charge in [-0.1, -0.05) is 94.1 Å². The van der Waals surface area contributed by atoms with Gasteiger partial charge in [-0.05, 0) is 91.3 Å². The third-order valence-electron chi connectivity index (χ3n) is 8.43. The van der Waals surface area contributed by atoms with E-state index in [1.165, 1.54) is 35.8 Å². The average Bonchev–Trinajstić information content (AvgIpc) is 3.75. The van der Waals surface area contributed by atoms with Crippen molar-refractivity contribution in [2.45, 2.75) is 6.92 Å². The van der Waals surface area contributed by atoms with Gasteiger partial charge in [-0.2, -0.15) is 0 Å². The van der Waals surface area contributed by atoms with Gasteiger partial charge in [-0.25, -0.2) is 29.0 Å². The van der Waals surface area contributed by atoms with Crippen LogP contribution in [0.4, 0.5) is 51.9 Å². The zero-order valence-corrected chi connectivity index (χ0v) is 43.5. The number of hydrogen-bond donors (Lipinski definition) is 5. The number of aromatic nitrogens is 1. The van der Waals surface area contributed by atoms with Crippen molar-refractivity contribution in [3.05, 3.63) is 141 Å². The first-order valence-corrected chi connectivity index (χ1v) is 22.6. The van der Waals surface area contributed by atoms with E-state index >= 15 is 0 Å². The number of halogens is 4. The summed E-state index contributed by atoms with van der Waals surface area (Å²) in [6, 6.07) is 33.7. The summed E-state index contributed by atoms with van der Waals surface area (Å²) in [5.74, 6) is 0. The molecular formula is C47H57Cl4N11O5S. The zero-order valence-electron chi connectivity index (χ0n) is 39.6. The van der Waals surface area contributed by atoms with Crippen molar-refractivity contribution in [1.29, 1.82) is 0 Å². The standard InChI is InChI=1S/C10H13ClN2O.C10H11N3OS.C9H10Cl2N2O.C9H11ClN2O.C9H12N2O/c1-7-4-5-8(6-9(7)11)12-10(14)13(2)3;1-11-9(14)13(2)10-12-7-5-3-4-6-8(7)15-10;1-13(2)9(14)12-6-3-4-7(10)8(11)5-6;1-12(2)9(13)11-8-5-3-7(10)4-6-8;1-11(2)9(12)10-8-6-4-3-5-7-8/h4-6H,1-3H3,(H,12,14);3-6H,1-2H3,(H,11,14);3-5H,1-2H3,(H,12,14);3-6H,1-2H3,(H,11,13);3-7H,1-2H3,(H,10,12). The number of hydrogen-bond acceptors (Lipinski definition) is 7. The van der Waals surface area contributed by atoms with Crippen molar-refractivity contribution in [3.8, 4) is 0 Å². The first-order valence-electron chi connectivity index (χ1n) is 20.3. The molecule has 0 radical (unpaired) electrons. The third-order valence-corrected chi connectivity index (χ3v) is 10.9. The molecule has 0 bridgehead atoms. The van der Waals surface area contributed by atoms with Crippen molar-refractivity contribution in [2.24, 2.45) is 0 Å². The third kappa shape index (κ3) is 21.0. The Kier molecular flexibility index (Phi) is 24.8. The molecule has 21 heteroatoms. The van der Waals surface area contributed by atoms with Crippen LogP contribution in [0.2, 0.25) is 20.1 Å². The number of aryl methyl sites for hydroxylation is 1. The number of rotatable bonds is 5. The largest absolute Gasteiger partial charge is 0.341 e. The minimum Gasteiger partial charge on any atom is -0.341 e. The molecule has 6 aromatic rings. The molecule has 364 valence electrons. The highest BCUT2D eigenvalue weighted by Crippen LogP contribution is 2.28. The predicted octanol–water partition coefficient (Wildman–Crippen LogP) is 12.1. The Bertz CT molecular complexity index is 2460. The van der Waals surface area contributed by atoms with Crippen molar-refractivity contribution in [2.75, 3.05) is 96.6 Å². The molecule has 0 unspecified atom stereocenters. The van der Waals surface area contributed by atoms with Gasteiger partial charge < -0.3 is 46.2 Å². The van der Waals surface area contributed by atoms with Crippen LogP contribution in [-0.2, 0) is 0 Å². The molecule has 5 N–H and O–H groups in total. The summed E-state index contributed by atoms with van der Waals surface area (Å²) in [5.41, 5.74) is 4.81. The van der Waals surface area contributed by atoms with E-state index < -0.39 is 0 Å². The molecule has 0 saturated carbocycles. The van der Waals surface area contributed by atoms with Crippen LogP contribution < -0.4 is 31.5 Å². The number of amides is 10. The van der Waals surface area contributed by atoms with E-state index in [-0.39, 0.29) is 30.2 Å². The lowest BCUT2D eigenvalue weighted by Gasteiger charge is -2.12. The first kappa shape index (κ1) is 57.6. The molecule has 68 heavy (non-hydrogen) atoms. The van der Waals surface area contributed by atoms with Crippen molar-refractivity contribution < 1.29 is 24.0 Å². The maximum Gasteiger partial charge on any atom is 0.323 e. The van der Waals surface area contributed by atoms with E-state index in [0.29, 0.717) is 36.6 Å². The molecule has 16 nitrogen and oxygen atoms in total. The van der Waals surface area contributed by atoms with Gasteiger partial charge >= 0.3 is 30.2 Å². The summed E-state index contributed by atoms with van der Waals surface area (Å²) in [6.45, 7) is 1.92. The highest BCUT2D eigenvalue weighted by molar-refractivity contribution is 7.22. The number of nitrogens with one attached hydrogen (secondary N) is 5. The minimum atomic E-state index is -0.205. The summed E-state index contributed by atoms with van der Waals surface area (Å²) in [6.07, 6.45) is 0. The van der Waals surface area contributed by atoms with Gasteiger partial charge in [0.05, 0.1) is 20.3 Å². The van der Waals surface area contributed by atoms with Gasteiger partial charge in [0.25, 0.3) is 0 Å². The van der Waals surface area contributed by atoms with E-state index in [2.05, 4.69) is 31.6 Å². The Labute approximate surface area is 422 Å². The monoisotopic (exact) mass is 1030 g/mol. The second-order valence-electron chi connectivity index (χ2n) is 14.8. The molecule has 1 heterocycles. The number of benzene rings is 5. The first-order chi connectivity index (χ1) is 32.0. The molecular weight excluding hydrogens is 972 g/mol. The van der Waals surface area contributed by atoms with E-state index in [0.717, 1.165) is 27.2 Å². The molecule has 0 fully saturated rings. The van der Waals surface area contributed by atoms with E-state index in [1.54, 1.807) is 119 Å². The van der Waals surface area contributed by atoms with Crippen LogP contribution in [0, 0.1) is 6.92 Å². The molecule has 0 aliphatic heterocycles. The summed E-state index contributed by atoms with van der Waals surface area (Å²) in [7, 11) is 16.8. The molecule has 5 aromatic carbocycles. The zero-order chi connectivity index (χ0) is 51.1. The fourth-order valence-corrected chi connectivity index (χ4v) is 6.03. The quantitative estimate of drug-likeness (QED) is 0.115. The Morgan fingerprint density at radius 2 is 0.882 bits per heavy atom. The molecule has 0 atom stereocenters. The summed E-state index contributed by atoms with van der Waals surface area (Å²) < 4.78 is 1.09. The number of thiazole rings is 1. The van der Waals surface area contributed by atoms with Crippen LogP contribution in [0.25, 0.3) is 10.2 Å². The fraction of sp³-hybridized carbons (Fsp3) is 0.234. The van der Waals surface area contributed by atoms with Gasteiger partial charge in [0.2, 0.25) is 0 Å². The maximum absolute atomic E-state index is 11.4. The van der Waals surface area contributed by atoms with Gasteiger partial charge in [0.15, 0.2) is 5.13 Å². The Morgan fingerprint density at radius 3 is 1.32 bits per heavy atom. The number of urea groups is 5. The van der Waals surface area contributed by atoms with Crippen LogP contribution in [0.1, 0.15) is 5.56 Å². The topological polar surface area (TPSA) is 175 Å². The van der Waals surface area contributed by atoms with Crippen LogP contribution in [-0.4, -0.2) is 125 Å². The van der Waals surface area contributed by atoms with Crippen LogP contribution in [0.15, 0.2) is 115 Å². The van der Waals surface area contributed by atoms with E-state index in [9.17, 15) is 24.0 Å². The maximum atomic E-state index is 11.4. The molecule has 0 aliphatic carbocycles. The molecule has 0 aliphatic rings. The smallest absolute Gasteiger partial charge is 0.323 e. The summed E-state index contributed by atoms with van der Waals surface area (Å²) in [4.78, 5) is 67.9. The number of carbonyl (C=O) groups is 5. The SMILES string of the molecule is CN(C)C(=O)Nc1ccc(Cl)c(Cl)c1.CN(C)C(=O)Nc1ccc(Cl)cc1.CN(C)C(=O)Nc1ccccc1.CNC(=O)N(C)c1nc2ccccc2s1.Cc1ccc(NC(=O)N(C)C)cc1Cl. The van der Waals surface area contributed by atoms with E-state index in [4.69, 9.17) is 46.4 Å². The van der Waals surface area contributed by atoms with Crippen molar-refractivity contribution >= 4 is 126 Å². The number of carbonyl (C=O) groups excluding carboxylic acids is 5. The van der Waals surface area contributed by atoms with Crippen LogP contribution in [0.3, 0.4) is 0 Å². The average molecular weight is 1030 g/mol. The highest BCUT2D eigenvalue weighted by Gasteiger charge is 2.13. The van der Waals surface area contributed by atoms with Crippen molar-refractivity contribution in [1.82, 2.24) is 29.9 Å². The van der Waals surface area contributed by atoms with Crippen LogP contribution >= 0.6 is 57.7 Å². The lowest BCUT2D eigenvalue weighted by Crippen LogP contribution is -2.34. The summed E-state index contributed by atoms with van der Waals surface area (Å²) >= 11 is 24.6. The number of nitrogens with zero attached hydrogens (tertiary/aromatic N) is 6. The Hall–Kier alpha value is -6.50.